The van der Waals surface area contributed by atoms with E-state index in [2.05, 4.69) is 0 Å². The van der Waals surface area contributed by atoms with E-state index in [0.29, 0.717) is 17.4 Å². The number of hydrogen-bond acceptors (Lipinski definition) is 2. The molecule has 0 unspecified atom stereocenters. The molecule has 96 valence electrons. The van der Waals surface area contributed by atoms with Gasteiger partial charge in [0, 0.05) is 0 Å². The first-order chi connectivity index (χ1) is 9.11. The van der Waals surface area contributed by atoms with Crippen molar-refractivity contribution in [2.75, 3.05) is 0 Å². The summed E-state index contributed by atoms with van der Waals surface area (Å²) in [6, 6.07) is 7.15. The van der Waals surface area contributed by atoms with Gasteiger partial charge in [0.1, 0.15) is 0 Å². The average Bonchev–Trinajstić information content (AvgIpc) is 2.85. The van der Waals surface area contributed by atoms with Gasteiger partial charge in [-0.25, -0.2) is 9.59 Å². The van der Waals surface area contributed by atoms with Crippen LogP contribution in [-0.2, 0) is 12.8 Å². The minimum atomic E-state index is -1.18. The van der Waals surface area contributed by atoms with Gasteiger partial charge in [-0.3, -0.25) is 0 Å². The summed E-state index contributed by atoms with van der Waals surface area (Å²) in [6.07, 6.45) is 2.33. The van der Waals surface area contributed by atoms with Gasteiger partial charge in [-0.1, -0.05) is 24.3 Å². The third-order valence-electron chi connectivity index (χ3n) is 3.72. The normalized spacial score (nSPS) is 13.5. The van der Waals surface area contributed by atoms with Crippen molar-refractivity contribution in [3.8, 4) is 0 Å². The lowest BCUT2D eigenvalue weighted by atomic mass is 9.90. The van der Waals surface area contributed by atoms with Gasteiger partial charge in [0.05, 0.1) is 11.1 Å². The molecule has 0 fully saturated rings. The number of carboxylic acids is 2. The molecule has 2 aromatic carbocycles. The number of carboxylic acid groups (broad SMARTS) is 2. The molecule has 2 N–H and O–H groups in total. The van der Waals surface area contributed by atoms with Crippen molar-refractivity contribution in [3.63, 3.8) is 0 Å². The SMILES string of the molecule is O=C(O)c1c2c(c3ccccc3c1C(=O)O)CCC2. The predicted molar refractivity (Wildman–Crippen MR) is 69.9 cm³/mol. The maximum Gasteiger partial charge on any atom is 0.337 e. The van der Waals surface area contributed by atoms with Crippen molar-refractivity contribution in [2.24, 2.45) is 0 Å². The van der Waals surface area contributed by atoms with E-state index in [4.69, 9.17) is 0 Å². The second kappa shape index (κ2) is 4.09. The standard InChI is InChI=1S/C15H12O4/c16-14(17)12-10-5-2-1-4-8(10)9-6-3-7-11(9)13(12)15(18)19/h1-2,4-5H,3,6-7H2,(H,16,17)(H,18,19). The smallest absolute Gasteiger partial charge is 0.337 e. The van der Waals surface area contributed by atoms with Gasteiger partial charge < -0.3 is 10.2 Å². The summed E-state index contributed by atoms with van der Waals surface area (Å²) < 4.78 is 0. The van der Waals surface area contributed by atoms with Gasteiger partial charge in [-0.15, -0.1) is 0 Å². The molecule has 4 heteroatoms. The molecule has 0 bridgehead atoms. The van der Waals surface area contributed by atoms with Crippen LogP contribution in [0.4, 0.5) is 0 Å². The highest BCUT2D eigenvalue weighted by atomic mass is 16.4. The van der Waals surface area contributed by atoms with Gasteiger partial charge in [0.25, 0.3) is 0 Å². The third kappa shape index (κ3) is 1.60. The Kier molecular flexibility index (Phi) is 2.52. The molecule has 0 aromatic heterocycles. The molecule has 0 saturated carbocycles. The van der Waals surface area contributed by atoms with Crippen LogP contribution in [0.3, 0.4) is 0 Å². The van der Waals surface area contributed by atoms with Crippen molar-refractivity contribution in [2.45, 2.75) is 19.3 Å². The van der Waals surface area contributed by atoms with E-state index in [0.717, 1.165) is 23.8 Å². The summed E-state index contributed by atoms with van der Waals surface area (Å²) in [5.74, 6) is -2.33. The molecule has 19 heavy (non-hydrogen) atoms. The highest BCUT2D eigenvalue weighted by Crippen LogP contribution is 2.36. The van der Waals surface area contributed by atoms with E-state index in [1.165, 1.54) is 0 Å². The zero-order valence-electron chi connectivity index (χ0n) is 10.1. The molecule has 0 aliphatic heterocycles. The molecule has 0 saturated heterocycles. The summed E-state index contributed by atoms with van der Waals surface area (Å²) >= 11 is 0. The van der Waals surface area contributed by atoms with Gasteiger partial charge in [0.15, 0.2) is 0 Å². The van der Waals surface area contributed by atoms with Crippen LogP contribution in [-0.4, -0.2) is 22.2 Å². The molecule has 4 nitrogen and oxygen atoms in total. The molecule has 2 aromatic rings. The average molecular weight is 256 g/mol. The van der Waals surface area contributed by atoms with Gasteiger partial charge in [-0.2, -0.15) is 0 Å². The number of fused-ring (bicyclic) bond motifs is 3. The van der Waals surface area contributed by atoms with E-state index >= 15 is 0 Å². The van der Waals surface area contributed by atoms with Crippen molar-refractivity contribution >= 4 is 22.7 Å². The topological polar surface area (TPSA) is 74.6 Å². The van der Waals surface area contributed by atoms with Gasteiger partial charge in [-0.05, 0) is 41.2 Å². The molecule has 0 heterocycles. The summed E-state index contributed by atoms with van der Waals surface area (Å²) in [6.45, 7) is 0. The van der Waals surface area contributed by atoms with Crippen molar-refractivity contribution in [1.29, 1.82) is 0 Å². The fraction of sp³-hybridized carbons (Fsp3) is 0.200. The van der Waals surface area contributed by atoms with Crippen LogP contribution >= 0.6 is 0 Å². The first-order valence-corrected chi connectivity index (χ1v) is 6.14. The quantitative estimate of drug-likeness (QED) is 0.866. The zero-order chi connectivity index (χ0) is 13.6. The van der Waals surface area contributed by atoms with E-state index in [9.17, 15) is 19.8 Å². The lowest BCUT2D eigenvalue weighted by Gasteiger charge is -2.13. The molecule has 0 radical (unpaired) electrons. The lowest BCUT2D eigenvalue weighted by Crippen LogP contribution is -2.13. The fourth-order valence-electron chi connectivity index (χ4n) is 3.02. The Morgan fingerprint density at radius 1 is 0.842 bits per heavy atom. The van der Waals surface area contributed by atoms with Crippen molar-refractivity contribution in [3.05, 3.63) is 46.5 Å². The molecule has 0 atom stereocenters. The zero-order valence-corrected chi connectivity index (χ0v) is 10.1. The Labute approximate surface area is 109 Å². The van der Waals surface area contributed by atoms with E-state index in [1.54, 1.807) is 12.1 Å². The number of hydrogen-bond donors (Lipinski definition) is 2. The Morgan fingerprint density at radius 3 is 2.05 bits per heavy atom. The number of aryl methyl sites for hydroxylation is 1. The molecular formula is C15H12O4. The predicted octanol–water partition coefficient (Wildman–Crippen LogP) is 2.72. The largest absolute Gasteiger partial charge is 0.478 e. The van der Waals surface area contributed by atoms with Crippen molar-refractivity contribution in [1.82, 2.24) is 0 Å². The van der Waals surface area contributed by atoms with E-state index in [1.807, 2.05) is 12.1 Å². The Morgan fingerprint density at radius 2 is 1.42 bits per heavy atom. The minimum Gasteiger partial charge on any atom is -0.478 e. The van der Waals surface area contributed by atoms with Gasteiger partial charge >= 0.3 is 11.9 Å². The number of benzene rings is 2. The molecule has 3 rings (SSSR count). The van der Waals surface area contributed by atoms with Gasteiger partial charge in [0.2, 0.25) is 0 Å². The summed E-state index contributed by atoms with van der Waals surface area (Å²) in [5, 5.41) is 20.1. The van der Waals surface area contributed by atoms with Crippen LogP contribution in [0.1, 0.15) is 38.3 Å². The van der Waals surface area contributed by atoms with Crippen LogP contribution in [0, 0.1) is 0 Å². The molecule has 1 aliphatic carbocycles. The first kappa shape index (κ1) is 11.7. The van der Waals surface area contributed by atoms with Crippen LogP contribution in [0.5, 0.6) is 0 Å². The molecule has 0 spiro atoms. The summed E-state index contributed by atoms with van der Waals surface area (Å²) in [5.41, 5.74) is 1.59. The van der Waals surface area contributed by atoms with Crippen LogP contribution in [0.15, 0.2) is 24.3 Å². The van der Waals surface area contributed by atoms with E-state index in [-0.39, 0.29) is 11.1 Å². The Hall–Kier alpha value is -2.36. The second-order valence-electron chi connectivity index (χ2n) is 4.72. The summed E-state index contributed by atoms with van der Waals surface area (Å²) in [4.78, 5) is 22.9. The molecular weight excluding hydrogens is 244 g/mol. The number of rotatable bonds is 2. The maximum atomic E-state index is 11.5. The van der Waals surface area contributed by atoms with Crippen LogP contribution < -0.4 is 0 Å². The fourth-order valence-corrected chi connectivity index (χ4v) is 3.02. The van der Waals surface area contributed by atoms with Crippen molar-refractivity contribution < 1.29 is 19.8 Å². The molecule has 1 aliphatic rings. The number of carbonyl (C=O) groups is 2. The maximum absolute atomic E-state index is 11.5. The third-order valence-corrected chi connectivity index (χ3v) is 3.72. The first-order valence-electron chi connectivity index (χ1n) is 6.14. The van der Waals surface area contributed by atoms with Crippen LogP contribution in [0.25, 0.3) is 10.8 Å². The van der Waals surface area contributed by atoms with E-state index < -0.39 is 11.9 Å². The minimum absolute atomic E-state index is 0.0290. The number of aromatic carboxylic acids is 2. The summed E-state index contributed by atoms with van der Waals surface area (Å²) in [7, 11) is 0. The highest BCUT2D eigenvalue weighted by Gasteiger charge is 2.28. The molecule has 0 amide bonds. The highest BCUT2D eigenvalue weighted by molar-refractivity contribution is 6.13. The monoisotopic (exact) mass is 256 g/mol. The lowest BCUT2D eigenvalue weighted by molar-refractivity contribution is 0.0652. The Balaban J connectivity index is 2.55. The Bertz CT molecular complexity index is 716. The van der Waals surface area contributed by atoms with Crippen LogP contribution in [0.2, 0.25) is 0 Å². The second-order valence-corrected chi connectivity index (χ2v) is 4.72.